The predicted molar refractivity (Wildman–Crippen MR) is 110 cm³/mol. The zero-order chi connectivity index (χ0) is 19.6. The minimum Gasteiger partial charge on any atom is -0.464 e. The van der Waals surface area contributed by atoms with E-state index in [-0.39, 0.29) is 12.5 Å². The van der Waals surface area contributed by atoms with Crippen molar-refractivity contribution < 1.29 is 14.3 Å². The van der Waals surface area contributed by atoms with Crippen LogP contribution in [-0.2, 0) is 14.3 Å². The van der Waals surface area contributed by atoms with Gasteiger partial charge in [-0.2, -0.15) is 0 Å². The number of aryl methyl sites for hydroxylation is 1. The minimum absolute atomic E-state index is 0.228. The fourth-order valence-electron chi connectivity index (χ4n) is 3.13. The zero-order valence-corrected chi connectivity index (χ0v) is 17.0. The van der Waals surface area contributed by atoms with Crippen molar-refractivity contribution in [1.82, 2.24) is 0 Å². The molecule has 0 saturated heterocycles. The number of nitrogens with one attached hydrogen (secondary N) is 1. The van der Waals surface area contributed by atoms with Crippen LogP contribution in [0.5, 0.6) is 0 Å². The Bertz CT molecular complexity index is 911. The first-order valence-electron chi connectivity index (χ1n) is 8.70. The number of esters is 1. The van der Waals surface area contributed by atoms with E-state index in [0.717, 1.165) is 11.3 Å². The molecule has 1 atom stereocenters. The molecule has 5 nitrogen and oxygen atoms in total. The highest BCUT2D eigenvalue weighted by molar-refractivity contribution is 9.11. The van der Waals surface area contributed by atoms with Crippen LogP contribution in [-0.4, -0.2) is 24.0 Å². The molecule has 1 amide bonds. The molecule has 1 heterocycles. The van der Waals surface area contributed by atoms with Crippen LogP contribution in [0.15, 0.2) is 64.8 Å². The highest BCUT2D eigenvalue weighted by Crippen LogP contribution is 2.43. The molecule has 0 spiro atoms. The van der Waals surface area contributed by atoms with Crippen molar-refractivity contribution in [2.45, 2.75) is 26.3 Å². The Labute approximate surface area is 167 Å². The lowest BCUT2D eigenvalue weighted by Gasteiger charge is -2.33. The Balaban J connectivity index is 2.09. The van der Waals surface area contributed by atoms with Gasteiger partial charge in [0, 0.05) is 11.4 Å². The van der Waals surface area contributed by atoms with Crippen LogP contribution in [0.3, 0.4) is 0 Å². The van der Waals surface area contributed by atoms with Gasteiger partial charge in [-0.3, -0.25) is 9.69 Å². The summed E-state index contributed by atoms with van der Waals surface area (Å²) in [5.74, 6) is -0.791. The SMILES string of the molecule is CCOC(=O)[C@]1(C)C(Br)=C(Nc2cccc(C)c2)C(=O)N1c1ccccc1. The van der Waals surface area contributed by atoms with Crippen LogP contribution in [0.25, 0.3) is 0 Å². The number of hydrogen-bond donors (Lipinski definition) is 1. The Hall–Kier alpha value is -2.60. The minimum atomic E-state index is -1.29. The maximum atomic E-state index is 13.3. The number of amides is 1. The molecule has 2 aromatic carbocycles. The van der Waals surface area contributed by atoms with Gasteiger partial charge in [-0.15, -0.1) is 0 Å². The number of rotatable bonds is 5. The molecule has 2 aromatic rings. The maximum absolute atomic E-state index is 13.3. The summed E-state index contributed by atoms with van der Waals surface area (Å²) in [4.78, 5) is 27.6. The van der Waals surface area contributed by atoms with E-state index in [0.29, 0.717) is 15.9 Å². The van der Waals surface area contributed by atoms with E-state index in [1.54, 1.807) is 26.0 Å². The standard InChI is InChI=1S/C21H21BrN2O3/c1-4-27-20(26)21(3)18(22)17(23-15-10-8-9-14(2)13-15)19(25)24(21)16-11-6-5-7-12-16/h5-13,23H,4H2,1-3H3/t21-/m0/s1. The largest absolute Gasteiger partial charge is 0.464 e. The van der Waals surface area contributed by atoms with Crippen LogP contribution in [0.1, 0.15) is 19.4 Å². The summed E-state index contributed by atoms with van der Waals surface area (Å²) < 4.78 is 5.74. The van der Waals surface area contributed by atoms with Gasteiger partial charge in [0.25, 0.3) is 5.91 Å². The van der Waals surface area contributed by atoms with E-state index in [4.69, 9.17) is 4.74 Å². The molecule has 0 fully saturated rings. The molecule has 1 aliphatic rings. The van der Waals surface area contributed by atoms with Gasteiger partial charge in [0.05, 0.1) is 11.1 Å². The summed E-state index contributed by atoms with van der Waals surface area (Å²) in [6.07, 6.45) is 0. The smallest absolute Gasteiger partial charge is 0.337 e. The number of para-hydroxylation sites is 1. The Morgan fingerprint density at radius 3 is 2.52 bits per heavy atom. The molecule has 0 radical (unpaired) electrons. The molecule has 27 heavy (non-hydrogen) atoms. The normalized spacial score (nSPS) is 19.4. The molecule has 1 aliphatic heterocycles. The van der Waals surface area contributed by atoms with Crippen molar-refractivity contribution in [2.24, 2.45) is 0 Å². The quantitative estimate of drug-likeness (QED) is 0.717. The van der Waals surface area contributed by atoms with E-state index >= 15 is 0 Å². The molecule has 1 N–H and O–H groups in total. The summed E-state index contributed by atoms with van der Waals surface area (Å²) in [7, 11) is 0. The highest BCUT2D eigenvalue weighted by Gasteiger charge is 2.54. The van der Waals surface area contributed by atoms with Crippen LogP contribution in [0, 0.1) is 6.92 Å². The second kappa shape index (κ2) is 7.56. The first kappa shape index (κ1) is 19.2. The van der Waals surface area contributed by atoms with Crippen LogP contribution < -0.4 is 10.2 Å². The number of hydrogen-bond acceptors (Lipinski definition) is 4. The lowest BCUT2D eigenvalue weighted by atomic mass is 10.0. The number of nitrogens with zero attached hydrogens (tertiary/aromatic N) is 1. The highest BCUT2D eigenvalue weighted by atomic mass is 79.9. The number of carbonyl (C=O) groups excluding carboxylic acids is 2. The first-order chi connectivity index (χ1) is 12.9. The van der Waals surface area contributed by atoms with Crippen molar-refractivity contribution in [3.63, 3.8) is 0 Å². The lowest BCUT2D eigenvalue weighted by molar-refractivity contribution is -0.147. The number of halogens is 1. The molecule has 140 valence electrons. The third-order valence-electron chi connectivity index (χ3n) is 4.49. The van der Waals surface area contributed by atoms with E-state index < -0.39 is 11.5 Å². The maximum Gasteiger partial charge on any atom is 0.337 e. The van der Waals surface area contributed by atoms with E-state index in [2.05, 4.69) is 21.2 Å². The van der Waals surface area contributed by atoms with Gasteiger partial charge >= 0.3 is 5.97 Å². The van der Waals surface area contributed by atoms with Crippen molar-refractivity contribution >= 4 is 39.2 Å². The number of ether oxygens (including phenoxy) is 1. The van der Waals surface area contributed by atoms with E-state index in [1.165, 1.54) is 4.90 Å². The Morgan fingerprint density at radius 2 is 1.89 bits per heavy atom. The molecule has 0 aromatic heterocycles. The molecule has 0 saturated carbocycles. The lowest BCUT2D eigenvalue weighted by Crippen LogP contribution is -2.52. The summed E-state index contributed by atoms with van der Waals surface area (Å²) in [6.45, 7) is 5.63. The van der Waals surface area contributed by atoms with Gasteiger partial charge in [-0.25, -0.2) is 4.79 Å². The van der Waals surface area contributed by atoms with Crippen LogP contribution >= 0.6 is 15.9 Å². The van der Waals surface area contributed by atoms with Gasteiger partial charge in [0.15, 0.2) is 5.54 Å². The number of anilines is 2. The third-order valence-corrected chi connectivity index (χ3v) is 5.65. The zero-order valence-electron chi connectivity index (χ0n) is 15.5. The second-order valence-corrected chi connectivity index (χ2v) is 7.25. The number of carbonyl (C=O) groups is 2. The van der Waals surface area contributed by atoms with Crippen LogP contribution in [0.4, 0.5) is 11.4 Å². The summed E-state index contributed by atoms with van der Waals surface area (Å²) in [5.41, 5.74) is 1.49. The van der Waals surface area contributed by atoms with Gasteiger partial charge in [-0.05, 0) is 66.5 Å². The molecule has 0 bridgehead atoms. The number of benzene rings is 2. The van der Waals surface area contributed by atoms with Gasteiger partial charge in [-0.1, -0.05) is 30.3 Å². The average molecular weight is 429 g/mol. The average Bonchev–Trinajstić information content (AvgIpc) is 2.84. The third kappa shape index (κ3) is 3.37. The summed E-state index contributed by atoms with van der Waals surface area (Å²) >= 11 is 3.51. The predicted octanol–water partition coefficient (Wildman–Crippen LogP) is 4.38. The van der Waals surface area contributed by atoms with E-state index in [9.17, 15) is 9.59 Å². The Kier molecular flexibility index (Phi) is 5.37. The Morgan fingerprint density at radius 1 is 1.19 bits per heavy atom. The molecular weight excluding hydrogens is 408 g/mol. The molecule has 0 aliphatic carbocycles. The van der Waals surface area contributed by atoms with Gasteiger partial charge in [0.1, 0.15) is 5.70 Å². The van der Waals surface area contributed by atoms with Gasteiger partial charge < -0.3 is 10.1 Å². The van der Waals surface area contributed by atoms with Crippen LogP contribution in [0.2, 0.25) is 0 Å². The topological polar surface area (TPSA) is 58.6 Å². The fraction of sp³-hybridized carbons (Fsp3) is 0.238. The van der Waals surface area contributed by atoms with Gasteiger partial charge in [0.2, 0.25) is 0 Å². The van der Waals surface area contributed by atoms with Crippen molar-refractivity contribution in [2.75, 3.05) is 16.8 Å². The first-order valence-corrected chi connectivity index (χ1v) is 9.49. The molecule has 0 unspecified atom stereocenters. The van der Waals surface area contributed by atoms with Crippen molar-refractivity contribution in [3.05, 3.63) is 70.3 Å². The van der Waals surface area contributed by atoms with Crippen molar-refractivity contribution in [1.29, 1.82) is 0 Å². The second-order valence-electron chi connectivity index (χ2n) is 6.45. The summed E-state index contributed by atoms with van der Waals surface area (Å²) in [5, 5.41) is 3.17. The monoisotopic (exact) mass is 428 g/mol. The molecular formula is C21H21BrN2O3. The fourth-order valence-corrected chi connectivity index (χ4v) is 3.74. The molecule has 3 rings (SSSR count). The van der Waals surface area contributed by atoms with E-state index in [1.807, 2.05) is 49.4 Å². The molecule has 6 heteroatoms. The van der Waals surface area contributed by atoms with Crippen molar-refractivity contribution in [3.8, 4) is 0 Å². The summed E-state index contributed by atoms with van der Waals surface area (Å²) in [6, 6.07) is 16.8.